The fraction of sp³-hybridized carbons (Fsp3) is 0.179. The summed E-state index contributed by atoms with van der Waals surface area (Å²) in [6.45, 7) is 2.48. The normalized spacial score (nSPS) is 10.9. The molecule has 0 bridgehead atoms. The van der Waals surface area contributed by atoms with Crippen LogP contribution in [0.4, 0.5) is 0 Å². The van der Waals surface area contributed by atoms with Crippen LogP contribution in [0.3, 0.4) is 0 Å². The summed E-state index contributed by atoms with van der Waals surface area (Å²) >= 11 is 0. The summed E-state index contributed by atoms with van der Waals surface area (Å²) in [6.07, 6.45) is 1.72. The van der Waals surface area contributed by atoms with E-state index in [2.05, 4.69) is 10.1 Å². The Morgan fingerprint density at radius 2 is 1.57 bits per heavy atom. The van der Waals surface area contributed by atoms with Gasteiger partial charge in [-0.15, -0.1) is 0 Å². The minimum absolute atomic E-state index is 0.159. The molecule has 0 N–H and O–H groups in total. The maximum Gasteiger partial charge on any atom is 0.262 e. The van der Waals surface area contributed by atoms with Crippen LogP contribution in [-0.4, -0.2) is 42.6 Å². The molecule has 0 saturated heterocycles. The first-order chi connectivity index (χ1) is 18.1. The van der Waals surface area contributed by atoms with E-state index in [0.29, 0.717) is 57.3 Å². The Bertz CT molecular complexity index is 1600. The van der Waals surface area contributed by atoms with E-state index in [9.17, 15) is 4.79 Å². The van der Waals surface area contributed by atoms with Crippen molar-refractivity contribution in [3.05, 3.63) is 77.2 Å². The molecule has 37 heavy (non-hydrogen) atoms. The first-order valence-corrected chi connectivity index (χ1v) is 11.6. The van der Waals surface area contributed by atoms with E-state index < -0.39 is 0 Å². The molecule has 0 fully saturated rings. The molecule has 0 radical (unpaired) electrons. The van der Waals surface area contributed by atoms with Crippen molar-refractivity contribution in [3.8, 4) is 51.5 Å². The number of nitrogens with zero attached hydrogens (tertiary/aromatic N) is 3. The Kier molecular flexibility index (Phi) is 6.51. The van der Waals surface area contributed by atoms with Crippen molar-refractivity contribution in [3.63, 3.8) is 0 Å². The van der Waals surface area contributed by atoms with Gasteiger partial charge in [-0.2, -0.15) is 4.98 Å². The number of ether oxygens (including phenoxy) is 4. The van der Waals surface area contributed by atoms with Gasteiger partial charge in [0.1, 0.15) is 5.75 Å². The third kappa shape index (κ3) is 4.35. The zero-order valence-corrected chi connectivity index (χ0v) is 20.8. The Balaban J connectivity index is 1.64. The summed E-state index contributed by atoms with van der Waals surface area (Å²) in [5, 5.41) is 5.42. The molecule has 0 saturated carbocycles. The number of rotatable bonds is 8. The summed E-state index contributed by atoms with van der Waals surface area (Å²) in [5.41, 5.74) is 1.77. The van der Waals surface area contributed by atoms with E-state index in [4.69, 9.17) is 23.5 Å². The molecular weight excluding hydrogens is 474 g/mol. The predicted molar refractivity (Wildman–Crippen MR) is 139 cm³/mol. The molecule has 0 aliphatic rings. The molecule has 9 heteroatoms. The van der Waals surface area contributed by atoms with Gasteiger partial charge in [-0.1, -0.05) is 23.4 Å². The Hall–Kier alpha value is -4.79. The smallest absolute Gasteiger partial charge is 0.262 e. The second kappa shape index (κ2) is 10.1. The van der Waals surface area contributed by atoms with Crippen LogP contribution in [0.1, 0.15) is 6.92 Å². The number of pyridine rings is 1. The van der Waals surface area contributed by atoms with Gasteiger partial charge in [-0.3, -0.25) is 9.36 Å². The van der Waals surface area contributed by atoms with Crippen molar-refractivity contribution in [1.29, 1.82) is 0 Å². The summed E-state index contributed by atoms with van der Waals surface area (Å²) in [5.74, 6) is 2.73. The van der Waals surface area contributed by atoms with Crippen LogP contribution >= 0.6 is 0 Å². The van der Waals surface area contributed by atoms with Crippen LogP contribution in [0, 0.1) is 0 Å². The molecular formula is C28H25N3O6. The molecule has 0 spiro atoms. The maximum atomic E-state index is 13.4. The minimum atomic E-state index is -0.159. The second-order valence-corrected chi connectivity index (χ2v) is 8.03. The van der Waals surface area contributed by atoms with Crippen molar-refractivity contribution in [2.75, 3.05) is 27.9 Å². The number of fused-ring (bicyclic) bond motifs is 1. The standard InChI is InChI=1S/C28H25N3O6/c1-5-36-19-12-10-18(11-13-19)31-16-22(20-8-6-7-9-21(20)28(31)32)27-29-26(30-37-27)17-14-23(33-2)25(35-4)24(15-17)34-3/h6-16H,5H2,1-4H3. The second-order valence-electron chi connectivity index (χ2n) is 8.03. The van der Waals surface area contributed by atoms with Gasteiger partial charge in [-0.25, -0.2) is 0 Å². The predicted octanol–water partition coefficient (Wildman–Crippen LogP) is 5.13. The molecule has 0 unspecified atom stereocenters. The van der Waals surface area contributed by atoms with Gasteiger partial charge in [0, 0.05) is 28.2 Å². The molecule has 2 heterocycles. The monoisotopic (exact) mass is 499 g/mol. The van der Waals surface area contributed by atoms with E-state index in [1.54, 1.807) is 43.2 Å². The average Bonchev–Trinajstić information content (AvgIpc) is 3.43. The topological polar surface area (TPSA) is 97.8 Å². The van der Waals surface area contributed by atoms with Crippen molar-refractivity contribution < 1.29 is 23.5 Å². The van der Waals surface area contributed by atoms with Gasteiger partial charge in [0.15, 0.2) is 11.5 Å². The number of hydrogen-bond acceptors (Lipinski definition) is 8. The highest BCUT2D eigenvalue weighted by molar-refractivity contribution is 5.94. The summed E-state index contributed by atoms with van der Waals surface area (Å²) < 4.78 is 29.1. The summed E-state index contributed by atoms with van der Waals surface area (Å²) in [6, 6.07) is 18.1. The molecule has 2 aromatic heterocycles. The van der Waals surface area contributed by atoms with Crippen LogP contribution in [0.15, 0.2) is 76.2 Å². The lowest BCUT2D eigenvalue weighted by Crippen LogP contribution is -2.18. The van der Waals surface area contributed by atoms with Crippen LogP contribution < -0.4 is 24.5 Å². The molecule has 0 aliphatic carbocycles. The number of aromatic nitrogens is 3. The Labute approximate surface area is 212 Å². The van der Waals surface area contributed by atoms with Gasteiger partial charge in [0.25, 0.3) is 11.4 Å². The van der Waals surface area contributed by atoms with Crippen molar-refractivity contribution in [2.24, 2.45) is 0 Å². The van der Waals surface area contributed by atoms with E-state index in [1.807, 2.05) is 49.4 Å². The zero-order chi connectivity index (χ0) is 25.9. The quantitative estimate of drug-likeness (QED) is 0.290. The highest BCUT2D eigenvalue weighted by Crippen LogP contribution is 2.41. The van der Waals surface area contributed by atoms with Gasteiger partial charge < -0.3 is 23.5 Å². The highest BCUT2D eigenvalue weighted by atomic mass is 16.5. The fourth-order valence-electron chi connectivity index (χ4n) is 4.18. The largest absolute Gasteiger partial charge is 0.494 e. The molecule has 0 aliphatic heterocycles. The van der Waals surface area contributed by atoms with Gasteiger partial charge in [-0.05, 0) is 49.4 Å². The van der Waals surface area contributed by atoms with Crippen molar-refractivity contribution in [1.82, 2.24) is 14.7 Å². The molecule has 5 rings (SSSR count). The van der Waals surface area contributed by atoms with Crippen LogP contribution in [0.2, 0.25) is 0 Å². The average molecular weight is 500 g/mol. The summed E-state index contributed by atoms with van der Waals surface area (Å²) in [4.78, 5) is 18.0. The Morgan fingerprint density at radius 3 is 2.19 bits per heavy atom. The van der Waals surface area contributed by atoms with E-state index in [1.165, 1.54) is 7.11 Å². The van der Waals surface area contributed by atoms with E-state index >= 15 is 0 Å². The maximum absolute atomic E-state index is 13.4. The first-order valence-electron chi connectivity index (χ1n) is 11.6. The van der Waals surface area contributed by atoms with Crippen molar-refractivity contribution in [2.45, 2.75) is 6.92 Å². The summed E-state index contributed by atoms with van der Waals surface area (Å²) in [7, 11) is 4.62. The number of hydrogen-bond donors (Lipinski definition) is 0. The van der Waals surface area contributed by atoms with Gasteiger partial charge in [0.2, 0.25) is 11.6 Å². The first kappa shape index (κ1) is 23.9. The Morgan fingerprint density at radius 1 is 0.892 bits per heavy atom. The molecule has 5 aromatic rings. The zero-order valence-electron chi connectivity index (χ0n) is 20.8. The van der Waals surface area contributed by atoms with Crippen LogP contribution in [-0.2, 0) is 0 Å². The third-order valence-corrected chi connectivity index (χ3v) is 5.93. The van der Waals surface area contributed by atoms with E-state index in [0.717, 1.165) is 5.75 Å². The van der Waals surface area contributed by atoms with Gasteiger partial charge >= 0.3 is 0 Å². The lowest BCUT2D eigenvalue weighted by molar-refractivity contribution is 0.324. The minimum Gasteiger partial charge on any atom is -0.494 e. The molecule has 0 amide bonds. The lowest BCUT2D eigenvalue weighted by atomic mass is 10.1. The van der Waals surface area contributed by atoms with E-state index in [-0.39, 0.29) is 11.4 Å². The highest BCUT2D eigenvalue weighted by Gasteiger charge is 2.20. The van der Waals surface area contributed by atoms with Gasteiger partial charge in [0.05, 0.1) is 33.5 Å². The molecule has 0 atom stereocenters. The SMILES string of the molecule is CCOc1ccc(-n2cc(-c3nc(-c4cc(OC)c(OC)c(OC)c4)no3)c3ccccc3c2=O)cc1. The fourth-order valence-corrected chi connectivity index (χ4v) is 4.18. The van der Waals surface area contributed by atoms with Crippen LogP contribution in [0.25, 0.3) is 39.3 Å². The molecule has 188 valence electrons. The molecule has 9 nitrogen and oxygen atoms in total. The molecule has 3 aromatic carbocycles. The van der Waals surface area contributed by atoms with Crippen LogP contribution in [0.5, 0.6) is 23.0 Å². The third-order valence-electron chi connectivity index (χ3n) is 5.93. The lowest BCUT2D eigenvalue weighted by Gasteiger charge is -2.12. The van der Waals surface area contributed by atoms with Crippen molar-refractivity contribution >= 4 is 10.8 Å². The number of methoxy groups -OCH3 is 3. The number of benzene rings is 3.